The van der Waals surface area contributed by atoms with Crippen molar-refractivity contribution in [2.75, 3.05) is 0 Å². The molecule has 0 aliphatic heterocycles. The van der Waals surface area contributed by atoms with Crippen LogP contribution in [0.25, 0.3) is 0 Å². The van der Waals surface area contributed by atoms with Gasteiger partial charge in [-0.3, -0.25) is 0 Å². The molecule has 0 unspecified atom stereocenters. The second-order valence-corrected chi connectivity index (χ2v) is 0.408. The molecule has 0 rings (SSSR count). The summed E-state index contributed by atoms with van der Waals surface area (Å²) in [6, 6.07) is 0. The summed E-state index contributed by atoms with van der Waals surface area (Å²) in [4.78, 5) is 0. The Balaban J connectivity index is 0. The maximum atomic E-state index is 3.36. The van der Waals surface area contributed by atoms with Crippen LogP contribution >= 0.6 is 0 Å². The molecule has 1 heteroatoms. The van der Waals surface area contributed by atoms with Crippen molar-refractivity contribution in [3.8, 4) is 0 Å². The average molecular weight is 107 g/mol. The molecule has 0 bridgehead atoms. The van der Waals surface area contributed by atoms with Crippen LogP contribution < -0.4 is 0 Å². The van der Waals surface area contributed by atoms with Gasteiger partial charge in [-0.25, -0.2) is 0 Å². The Morgan fingerprint density at radius 2 is 1.75 bits per heavy atom. The van der Waals surface area contributed by atoms with Crippen molar-refractivity contribution in [1.29, 1.82) is 0 Å². The fourth-order valence-corrected chi connectivity index (χ4v) is 0. The van der Waals surface area contributed by atoms with E-state index in [1.807, 2.05) is 6.92 Å². The second kappa shape index (κ2) is 10.1. The molecule has 18 valence electrons. The van der Waals surface area contributed by atoms with Crippen molar-refractivity contribution in [3.63, 3.8) is 0 Å². The molecule has 0 fully saturated rings. The third kappa shape index (κ3) is 33.3. The van der Waals surface area contributed by atoms with Gasteiger partial charge in [-0.15, -0.1) is 6.58 Å². The average Bonchev–Trinajstić information content (AvgIpc) is 0.918. The minimum absolute atomic E-state index is 0. The van der Waals surface area contributed by atoms with Crippen LogP contribution in [-0.4, -0.2) is 0 Å². The zero-order valence-corrected chi connectivity index (χ0v) is 5.96. The summed E-state index contributed by atoms with van der Waals surface area (Å²) >= 11 is 0. The molecule has 0 aromatic carbocycles. The number of hydrogen-bond donors (Lipinski definition) is 0. The first-order valence-corrected chi connectivity index (χ1v) is 0.986. The molecule has 0 N–H and O–H groups in total. The normalized spacial score (nSPS) is 3.25. The Morgan fingerprint density at radius 3 is 1.75 bits per heavy atom. The maximum Gasteiger partial charge on any atom is 2.00 e. The van der Waals surface area contributed by atoms with Crippen LogP contribution in [0.1, 0.15) is 6.92 Å². The van der Waals surface area contributed by atoms with E-state index >= 15 is 0 Å². The van der Waals surface area contributed by atoms with Gasteiger partial charge in [0.1, 0.15) is 0 Å². The Hall–Kier alpha value is 0.363. The summed E-state index contributed by atoms with van der Waals surface area (Å²) in [6.45, 7) is 5.25. The van der Waals surface area contributed by atoms with E-state index in [4.69, 9.17) is 0 Å². The molecule has 0 saturated carbocycles. The van der Waals surface area contributed by atoms with Crippen LogP contribution in [0.2, 0.25) is 0 Å². The van der Waals surface area contributed by atoms with Gasteiger partial charge >= 0.3 is 19.5 Å². The van der Waals surface area contributed by atoms with Crippen LogP contribution in [0.15, 0.2) is 12.7 Å². The molecule has 0 atom stereocenters. The first kappa shape index (κ1) is 8.84. The van der Waals surface area contributed by atoms with Gasteiger partial charge in [0.05, 0.1) is 0 Å². The standard InChI is InChI=1S/C3H6.Zn/c1-3-2;/h3H,1H2,2H3;/q;+2. The third-order valence-corrected chi connectivity index (χ3v) is 0. The van der Waals surface area contributed by atoms with Crippen molar-refractivity contribution >= 4 is 0 Å². The quantitative estimate of drug-likeness (QED) is 0.322. The fourth-order valence-electron chi connectivity index (χ4n) is 0. The van der Waals surface area contributed by atoms with E-state index in [1.54, 1.807) is 6.08 Å². The van der Waals surface area contributed by atoms with Gasteiger partial charge in [0.25, 0.3) is 0 Å². The molecule has 0 amide bonds. The minimum Gasteiger partial charge on any atom is -0.103 e. The summed E-state index contributed by atoms with van der Waals surface area (Å²) in [5.41, 5.74) is 0. The first-order valence-electron chi connectivity index (χ1n) is 0.986. The molecule has 0 heterocycles. The topological polar surface area (TPSA) is 0 Å². The molecule has 0 spiro atoms. The van der Waals surface area contributed by atoms with Crippen molar-refractivity contribution in [3.05, 3.63) is 12.7 Å². The molecule has 4 heavy (non-hydrogen) atoms. The molecule has 0 aromatic rings. The first-order chi connectivity index (χ1) is 1.41. The Labute approximate surface area is 39.7 Å². The molecule has 0 saturated heterocycles. The van der Waals surface area contributed by atoms with Crippen molar-refractivity contribution in [2.45, 2.75) is 6.92 Å². The Kier molecular flexibility index (Phi) is 22.3. The van der Waals surface area contributed by atoms with Crippen LogP contribution in [0.3, 0.4) is 0 Å². The van der Waals surface area contributed by atoms with Crippen molar-refractivity contribution in [1.82, 2.24) is 0 Å². The van der Waals surface area contributed by atoms with E-state index in [9.17, 15) is 0 Å². The number of rotatable bonds is 0. The van der Waals surface area contributed by atoms with Crippen LogP contribution in [0, 0.1) is 0 Å². The SMILES string of the molecule is C=CC.[Zn+2]. The smallest absolute Gasteiger partial charge is 0.103 e. The van der Waals surface area contributed by atoms with Crippen LogP contribution in [0.5, 0.6) is 0 Å². The predicted molar refractivity (Wildman–Crippen MR) is 15.9 cm³/mol. The van der Waals surface area contributed by atoms with E-state index in [2.05, 4.69) is 6.58 Å². The third-order valence-electron chi connectivity index (χ3n) is 0. The molecule has 0 aliphatic rings. The van der Waals surface area contributed by atoms with Gasteiger partial charge < -0.3 is 0 Å². The molecule has 0 nitrogen and oxygen atoms in total. The second-order valence-electron chi connectivity index (χ2n) is 0.408. The number of allylic oxidation sites excluding steroid dienone is 1. The fraction of sp³-hybridized carbons (Fsp3) is 0.333. The van der Waals surface area contributed by atoms with E-state index < -0.39 is 0 Å². The zero-order valence-electron chi connectivity index (χ0n) is 2.99. The summed E-state index contributed by atoms with van der Waals surface area (Å²) in [7, 11) is 0. The Bertz CT molecular complexity index is 10.8. The summed E-state index contributed by atoms with van der Waals surface area (Å²) in [5.74, 6) is 0. The molecular weight excluding hydrogens is 101 g/mol. The monoisotopic (exact) mass is 106 g/mol. The molecule has 0 aliphatic carbocycles. The zero-order chi connectivity index (χ0) is 2.71. The van der Waals surface area contributed by atoms with Gasteiger partial charge in [-0.2, -0.15) is 0 Å². The Morgan fingerprint density at radius 1 is 1.75 bits per heavy atom. The van der Waals surface area contributed by atoms with Gasteiger partial charge in [-0.05, 0) is 6.92 Å². The molecule has 0 radical (unpaired) electrons. The minimum atomic E-state index is 0. The van der Waals surface area contributed by atoms with Gasteiger partial charge in [-0.1, -0.05) is 6.08 Å². The largest absolute Gasteiger partial charge is 2.00 e. The summed E-state index contributed by atoms with van der Waals surface area (Å²) in [6.07, 6.45) is 1.75. The molecular formula is C3H6Zn+2. The predicted octanol–water partition coefficient (Wildman–Crippen LogP) is 1.19. The van der Waals surface area contributed by atoms with Gasteiger partial charge in [0, 0.05) is 0 Å². The van der Waals surface area contributed by atoms with Gasteiger partial charge in [0.2, 0.25) is 0 Å². The summed E-state index contributed by atoms with van der Waals surface area (Å²) < 4.78 is 0. The van der Waals surface area contributed by atoms with Crippen LogP contribution in [-0.2, 0) is 19.5 Å². The van der Waals surface area contributed by atoms with Gasteiger partial charge in [0.15, 0.2) is 0 Å². The molecule has 0 aromatic heterocycles. The van der Waals surface area contributed by atoms with Crippen molar-refractivity contribution < 1.29 is 19.5 Å². The van der Waals surface area contributed by atoms with Crippen molar-refractivity contribution in [2.24, 2.45) is 0 Å². The van der Waals surface area contributed by atoms with E-state index in [-0.39, 0.29) is 19.5 Å². The maximum absolute atomic E-state index is 3.36. The van der Waals surface area contributed by atoms with Crippen LogP contribution in [0.4, 0.5) is 0 Å². The number of hydrogen-bond acceptors (Lipinski definition) is 0. The van der Waals surface area contributed by atoms with E-state index in [0.29, 0.717) is 0 Å². The van der Waals surface area contributed by atoms with E-state index in [0.717, 1.165) is 0 Å². The summed E-state index contributed by atoms with van der Waals surface area (Å²) in [5, 5.41) is 0. The van der Waals surface area contributed by atoms with E-state index in [1.165, 1.54) is 0 Å².